The Labute approximate surface area is 225 Å². The first-order valence-electron chi connectivity index (χ1n) is 10.8. The number of H-pyrrole nitrogens is 1. The molecule has 0 unspecified atom stereocenters. The van der Waals surface area contributed by atoms with Crippen LogP contribution in [0.25, 0.3) is 5.69 Å². The molecule has 196 valence electrons. The topological polar surface area (TPSA) is 164 Å². The third-order valence-electron chi connectivity index (χ3n) is 4.92. The number of amides is 4. The zero-order valence-electron chi connectivity index (χ0n) is 19.8. The van der Waals surface area contributed by atoms with Gasteiger partial charge in [0.1, 0.15) is 34.5 Å². The van der Waals surface area contributed by atoms with E-state index < -0.39 is 17.6 Å². The molecule has 2 aromatic heterocycles. The van der Waals surface area contributed by atoms with Crippen molar-refractivity contribution in [3.8, 4) is 23.1 Å². The number of nitrogens with one attached hydrogen (secondary N) is 5. The second-order valence-corrected chi connectivity index (χ2v) is 8.16. The maximum atomic E-state index is 12.7. The zero-order chi connectivity index (χ0) is 27.2. The SMILES string of the molecule is CNC(=O)Nc1cc(Oc2ccc(NC(=O)Nc3cc(=O)[nH]n3-c3ccc(OC)cc3)c(Cl)c2Cl)ncn1. The fourth-order valence-corrected chi connectivity index (χ4v) is 3.56. The summed E-state index contributed by atoms with van der Waals surface area (Å²) in [6.07, 6.45) is 1.20. The van der Waals surface area contributed by atoms with E-state index in [1.165, 1.54) is 42.3 Å². The summed E-state index contributed by atoms with van der Waals surface area (Å²) in [6, 6.07) is 11.3. The minimum atomic E-state index is -0.682. The van der Waals surface area contributed by atoms with Crippen molar-refractivity contribution in [2.45, 2.75) is 0 Å². The van der Waals surface area contributed by atoms with E-state index in [1.54, 1.807) is 31.4 Å². The lowest BCUT2D eigenvalue weighted by molar-refractivity contribution is 0.254. The number of rotatable bonds is 7. The van der Waals surface area contributed by atoms with Crippen LogP contribution in [0.2, 0.25) is 10.0 Å². The summed E-state index contributed by atoms with van der Waals surface area (Å²) in [5.41, 5.74) is 0.348. The van der Waals surface area contributed by atoms with E-state index in [9.17, 15) is 14.4 Å². The molecule has 2 heterocycles. The summed E-state index contributed by atoms with van der Waals surface area (Å²) >= 11 is 12.7. The second-order valence-electron chi connectivity index (χ2n) is 7.41. The Hall–Kier alpha value is -4.75. The number of carbonyl (C=O) groups excluding carboxylic acids is 2. The van der Waals surface area contributed by atoms with E-state index in [0.29, 0.717) is 11.4 Å². The molecule has 4 rings (SSSR count). The van der Waals surface area contributed by atoms with Crippen molar-refractivity contribution in [3.63, 3.8) is 0 Å². The fraction of sp³-hybridized carbons (Fsp3) is 0.0870. The van der Waals surface area contributed by atoms with Crippen molar-refractivity contribution >= 4 is 52.6 Å². The van der Waals surface area contributed by atoms with E-state index >= 15 is 0 Å². The molecule has 0 bridgehead atoms. The molecule has 0 spiro atoms. The average Bonchev–Trinajstić information content (AvgIpc) is 3.28. The number of benzene rings is 2. The Morgan fingerprint density at radius 2 is 1.71 bits per heavy atom. The molecular weight excluding hydrogens is 539 g/mol. The molecule has 4 aromatic rings. The summed E-state index contributed by atoms with van der Waals surface area (Å²) in [5, 5.41) is 12.7. The van der Waals surface area contributed by atoms with Gasteiger partial charge in [-0.2, -0.15) is 0 Å². The van der Waals surface area contributed by atoms with Crippen LogP contribution in [0.3, 0.4) is 0 Å². The van der Waals surface area contributed by atoms with Crippen LogP contribution in [0.15, 0.2) is 59.7 Å². The van der Waals surface area contributed by atoms with E-state index in [0.717, 1.165) is 0 Å². The van der Waals surface area contributed by atoms with Crippen LogP contribution in [-0.2, 0) is 0 Å². The molecule has 2 aromatic carbocycles. The molecule has 0 aliphatic rings. The summed E-state index contributed by atoms with van der Waals surface area (Å²) < 4.78 is 12.2. The molecule has 13 nitrogen and oxygen atoms in total. The van der Waals surface area contributed by atoms with E-state index in [1.807, 2.05) is 0 Å². The minimum absolute atomic E-state index is 0.000625. The second kappa shape index (κ2) is 11.5. The van der Waals surface area contributed by atoms with Gasteiger partial charge in [-0.25, -0.2) is 24.2 Å². The molecule has 0 saturated carbocycles. The highest BCUT2D eigenvalue weighted by Crippen LogP contribution is 2.39. The molecule has 5 N–H and O–H groups in total. The minimum Gasteiger partial charge on any atom is -0.497 e. The third-order valence-corrected chi connectivity index (χ3v) is 5.79. The predicted octanol–water partition coefficient (Wildman–Crippen LogP) is 4.46. The lowest BCUT2D eigenvalue weighted by Crippen LogP contribution is -2.24. The average molecular weight is 559 g/mol. The lowest BCUT2D eigenvalue weighted by Gasteiger charge is -2.14. The Balaban J connectivity index is 1.47. The van der Waals surface area contributed by atoms with Gasteiger partial charge in [-0.1, -0.05) is 23.2 Å². The van der Waals surface area contributed by atoms with Crippen LogP contribution >= 0.6 is 23.2 Å². The zero-order valence-corrected chi connectivity index (χ0v) is 21.3. The summed E-state index contributed by atoms with van der Waals surface area (Å²) in [6.45, 7) is 0. The smallest absolute Gasteiger partial charge is 0.324 e. The Morgan fingerprint density at radius 1 is 0.947 bits per heavy atom. The molecule has 0 saturated heterocycles. The number of aromatic nitrogens is 4. The van der Waals surface area contributed by atoms with Gasteiger partial charge in [0.25, 0.3) is 5.56 Å². The van der Waals surface area contributed by atoms with Gasteiger partial charge in [0.15, 0.2) is 0 Å². The maximum Gasteiger partial charge on any atom is 0.324 e. The first-order valence-corrected chi connectivity index (χ1v) is 11.5. The van der Waals surface area contributed by atoms with Crippen LogP contribution in [0, 0.1) is 0 Å². The van der Waals surface area contributed by atoms with Gasteiger partial charge in [0.05, 0.1) is 23.5 Å². The van der Waals surface area contributed by atoms with Crippen molar-refractivity contribution in [1.29, 1.82) is 0 Å². The summed E-state index contributed by atoms with van der Waals surface area (Å²) in [4.78, 5) is 44.0. The fourth-order valence-electron chi connectivity index (χ4n) is 3.15. The Kier molecular flexibility index (Phi) is 7.99. The number of carbonyl (C=O) groups is 2. The number of anilines is 3. The third kappa shape index (κ3) is 6.14. The molecule has 0 fully saturated rings. The van der Waals surface area contributed by atoms with Crippen LogP contribution in [-0.4, -0.2) is 46.0 Å². The largest absolute Gasteiger partial charge is 0.497 e. The number of hydrogen-bond donors (Lipinski definition) is 5. The maximum absolute atomic E-state index is 12.7. The van der Waals surface area contributed by atoms with Crippen molar-refractivity contribution < 1.29 is 19.1 Å². The number of nitrogens with zero attached hydrogens (tertiary/aromatic N) is 3. The summed E-state index contributed by atoms with van der Waals surface area (Å²) in [7, 11) is 3.00. The number of urea groups is 2. The van der Waals surface area contributed by atoms with Crippen LogP contribution in [0.4, 0.5) is 26.9 Å². The van der Waals surface area contributed by atoms with Crippen molar-refractivity contribution in [3.05, 3.63) is 75.3 Å². The Bertz CT molecular complexity index is 1540. The lowest BCUT2D eigenvalue weighted by atomic mass is 10.3. The van der Waals surface area contributed by atoms with Crippen LogP contribution in [0.1, 0.15) is 0 Å². The van der Waals surface area contributed by atoms with E-state index in [4.69, 9.17) is 32.7 Å². The standard InChI is InChI=1S/C23H20Cl2N8O5/c1-26-22(35)30-16-9-19(28-11-27-16)38-15-8-7-14(20(24)21(15)25)29-23(36)31-17-10-18(34)32-33(17)12-3-5-13(37-2)6-4-12/h3-11H,1-2H3,(H,32,34)(H2,29,31,36)(H2,26,27,28,30,35). The van der Waals surface area contributed by atoms with Crippen molar-refractivity contribution in [2.24, 2.45) is 0 Å². The van der Waals surface area contributed by atoms with Gasteiger partial charge in [0.2, 0.25) is 5.88 Å². The Morgan fingerprint density at radius 3 is 2.42 bits per heavy atom. The molecule has 38 heavy (non-hydrogen) atoms. The van der Waals surface area contributed by atoms with E-state index in [-0.39, 0.29) is 39.0 Å². The highest BCUT2D eigenvalue weighted by atomic mass is 35.5. The number of aromatic amines is 1. The van der Waals surface area contributed by atoms with Gasteiger partial charge in [-0.05, 0) is 36.4 Å². The van der Waals surface area contributed by atoms with E-state index in [2.05, 4.69) is 36.3 Å². The van der Waals surface area contributed by atoms with Gasteiger partial charge < -0.3 is 20.1 Å². The number of methoxy groups -OCH3 is 1. The first kappa shape index (κ1) is 26.3. The molecule has 0 aliphatic carbocycles. The van der Waals surface area contributed by atoms with Crippen molar-refractivity contribution in [1.82, 2.24) is 25.1 Å². The number of hydrogen-bond acceptors (Lipinski definition) is 7. The highest BCUT2D eigenvalue weighted by Gasteiger charge is 2.16. The highest BCUT2D eigenvalue weighted by molar-refractivity contribution is 6.45. The molecule has 0 atom stereocenters. The molecular formula is C23H20Cl2N8O5. The monoisotopic (exact) mass is 558 g/mol. The summed E-state index contributed by atoms with van der Waals surface area (Å²) in [5.74, 6) is 1.25. The molecule has 0 radical (unpaired) electrons. The molecule has 15 heteroatoms. The predicted molar refractivity (Wildman–Crippen MR) is 142 cm³/mol. The first-order chi connectivity index (χ1) is 18.3. The number of halogens is 2. The molecule has 4 amide bonds. The van der Waals surface area contributed by atoms with Gasteiger partial charge in [-0.15, -0.1) is 0 Å². The molecule has 0 aliphatic heterocycles. The number of ether oxygens (including phenoxy) is 2. The van der Waals surface area contributed by atoms with Crippen LogP contribution in [0.5, 0.6) is 17.4 Å². The normalized spacial score (nSPS) is 10.4. The van der Waals surface area contributed by atoms with Crippen LogP contribution < -0.4 is 36.3 Å². The van der Waals surface area contributed by atoms with Gasteiger partial charge in [-0.3, -0.25) is 20.5 Å². The van der Waals surface area contributed by atoms with Gasteiger partial charge >= 0.3 is 12.1 Å². The quantitative estimate of drug-likeness (QED) is 0.223. The van der Waals surface area contributed by atoms with Crippen molar-refractivity contribution in [2.75, 3.05) is 30.1 Å². The van der Waals surface area contributed by atoms with Gasteiger partial charge in [0, 0.05) is 19.2 Å².